The van der Waals surface area contributed by atoms with E-state index in [1.54, 1.807) is 12.1 Å². The smallest absolute Gasteiger partial charge is 0.269 e. The highest BCUT2D eigenvalue weighted by molar-refractivity contribution is 5.98. The van der Waals surface area contributed by atoms with Crippen molar-refractivity contribution in [1.82, 2.24) is 9.88 Å². The van der Waals surface area contributed by atoms with Crippen LogP contribution in [-0.4, -0.2) is 15.4 Å². The summed E-state index contributed by atoms with van der Waals surface area (Å²) in [5.41, 5.74) is 7.32. The van der Waals surface area contributed by atoms with Crippen molar-refractivity contribution in [2.24, 2.45) is 0 Å². The first-order valence-corrected chi connectivity index (χ1v) is 12.2. The number of carbonyl (C=O) groups excluding carboxylic acids is 1. The number of non-ortho nitro benzene ring substituents is 1. The van der Waals surface area contributed by atoms with Gasteiger partial charge < -0.3 is 9.88 Å². The van der Waals surface area contributed by atoms with E-state index in [4.69, 9.17) is 0 Å². The highest BCUT2D eigenvalue weighted by Gasteiger charge is 2.14. The van der Waals surface area contributed by atoms with E-state index in [1.807, 2.05) is 37.4 Å². The Labute approximate surface area is 215 Å². The second-order valence-corrected chi connectivity index (χ2v) is 9.33. The molecule has 1 amide bonds. The number of amides is 1. The van der Waals surface area contributed by atoms with Crippen molar-refractivity contribution in [3.05, 3.63) is 136 Å². The van der Waals surface area contributed by atoms with Gasteiger partial charge in [-0.25, -0.2) is 0 Å². The number of nitro benzene ring substituents is 1. The summed E-state index contributed by atoms with van der Waals surface area (Å²) in [7, 11) is 0. The average Bonchev–Trinajstić information content (AvgIpc) is 3.31. The lowest BCUT2D eigenvalue weighted by Crippen LogP contribution is -2.26. The average molecular weight is 490 g/mol. The minimum absolute atomic E-state index is 0.0273. The molecule has 0 fully saturated rings. The fourth-order valence-corrected chi connectivity index (χ4v) is 4.55. The molecule has 1 heterocycles. The number of benzene rings is 4. The molecule has 0 saturated carbocycles. The molecule has 0 aliphatic heterocycles. The van der Waals surface area contributed by atoms with Gasteiger partial charge in [0, 0.05) is 41.3 Å². The third kappa shape index (κ3) is 5.28. The molecule has 1 N–H and O–H groups in total. The summed E-state index contributed by atoms with van der Waals surface area (Å²) in [5, 5.41) is 14.8. The Morgan fingerprint density at radius 1 is 0.919 bits per heavy atom. The van der Waals surface area contributed by atoms with Crippen molar-refractivity contribution in [2.75, 3.05) is 0 Å². The summed E-state index contributed by atoms with van der Waals surface area (Å²) in [6.07, 6.45) is 2.04. The maximum Gasteiger partial charge on any atom is 0.269 e. The summed E-state index contributed by atoms with van der Waals surface area (Å²) in [4.78, 5) is 23.3. The van der Waals surface area contributed by atoms with E-state index in [0.717, 1.165) is 23.0 Å². The zero-order chi connectivity index (χ0) is 25.9. The van der Waals surface area contributed by atoms with Gasteiger partial charge in [0.2, 0.25) is 0 Å². The van der Waals surface area contributed by atoms with E-state index < -0.39 is 4.92 Å². The van der Waals surface area contributed by atoms with E-state index in [0.29, 0.717) is 5.56 Å². The lowest BCUT2D eigenvalue weighted by molar-refractivity contribution is -0.384. The van der Waals surface area contributed by atoms with Crippen LogP contribution in [-0.2, 0) is 6.54 Å². The predicted molar refractivity (Wildman–Crippen MR) is 147 cm³/mol. The first-order valence-electron chi connectivity index (χ1n) is 12.2. The van der Waals surface area contributed by atoms with Crippen LogP contribution in [0.5, 0.6) is 0 Å². The van der Waals surface area contributed by atoms with E-state index in [9.17, 15) is 14.9 Å². The highest BCUT2D eigenvalue weighted by Crippen LogP contribution is 2.24. The van der Waals surface area contributed by atoms with Crippen LogP contribution in [0.1, 0.15) is 40.0 Å². The highest BCUT2D eigenvalue weighted by atomic mass is 16.6. The number of nitro groups is 1. The number of rotatable bonds is 7. The lowest BCUT2D eigenvalue weighted by atomic mass is 10.0. The van der Waals surface area contributed by atoms with Crippen molar-refractivity contribution >= 4 is 22.5 Å². The van der Waals surface area contributed by atoms with Gasteiger partial charge in [-0.15, -0.1) is 0 Å². The Kier molecular flexibility index (Phi) is 6.56. The van der Waals surface area contributed by atoms with Crippen LogP contribution in [0, 0.1) is 17.0 Å². The molecule has 1 atom stereocenters. The summed E-state index contributed by atoms with van der Waals surface area (Å²) in [6.45, 7) is 4.70. The molecule has 184 valence electrons. The minimum atomic E-state index is -0.436. The van der Waals surface area contributed by atoms with E-state index in [2.05, 4.69) is 65.3 Å². The fourth-order valence-electron chi connectivity index (χ4n) is 4.55. The summed E-state index contributed by atoms with van der Waals surface area (Å²) >= 11 is 0. The molecular formula is C31H27N3O3. The Morgan fingerprint density at radius 2 is 1.68 bits per heavy atom. The first-order chi connectivity index (χ1) is 17.9. The van der Waals surface area contributed by atoms with Crippen molar-refractivity contribution in [1.29, 1.82) is 0 Å². The molecule has 5 rings (SSSR count). The van der Waals surface area contributed by atoms with E-state index >= 15 is 0 Å². The second kappa shape index (κ2) is 10.1. The van der Waals surface area contributed by atoms with Gasteiger partial charge in [-0.05, 0) is 60.4 Å². The van der Waals surface area contributed by atoms with Gasteiger partial charge in [-0.3, -0.25) is 14.9 Å². The molecule has 5 aromatic rings. The number of hydrogen-bond donors (Lipinski definition) is 1. The Hall–Kier alpha value is -4.71. The quantitative estimate of drug-likeness (QED) is 0.196. The predicted octanol–water partition coefficient (Wildman–Crippen LogP) is 7.06. The Morgan fingerprint density at radius 3 is 2.38 bits per heavy atom. The number of hydrogen-bond acceptors (Lipinski definition) is 3. The molecule has 6 heteroatoms. The maximum atomic E-state index is 12.9. The lowest BCUT2D eigenvalue weighted by Gasteiger charge is -2.14. The van der Waals surface area contributed by atoms with Gasteiger partial charge in [0.1, 0.15) is 0 Å². The van der Waals surface area contributed by atoms with E-state index in [1.165, 1.54) is 34.4 Å². The van der Waals surface area contributed by atoms with Gasteiger partial charge in [0.15, 0.2) is 0 Å². The molecule has 37 heavy (non-hydrogen) atoms. The van der Waals surface area contributed by atoms with Crippen LogP contribution < -0.4 is 5.32 Å². The molecule has 0 radical (unpaired) electrons. The number of aryl methyl sites for hydroxylation is 1. The normalized spacial score (nSPS) is 11.8. The van der Waals surface area contributed by atoms with Crippen LogP contribution in [0.15, 0.2) is 103 Å². The third-order valence-corrected chi connectivity index (χ3v) is 6.64. The van der Waals surface area contributed by atoms with Crippen LogP contribution in [0.3, 0.4) is 0 Å². The SMILES string of the molecule is Cc1cccc(-c2ccc(Cn3ccc4cc(C(=O)N[C@@H](C)c5ccc([N+](=O)[O-])cc5)ccc43)cc2)c1. The number of fused-ring (bicyclic) bond motifs is 1. The number of aromatic nitrogens is 1. The van der Waals surface area contributed by atoms with Gasteiger partial charge >= 0.3 is 0 Å². The molecule has 6 nitrogen and oxygen atoms in total. The summed E-state index contributed by atoms with van der Waals surface area (Å²) < 4.78 is 2.18. The van der Waals surface area contributed by atoms with Crippen LogP contribution in [0.4, 0.5) is 5.69 Å². The Bertz CT molecular complexity index is 1580. The van der Waals surface area contributed by atoms with Crippen molar-refractivity contribution in [3.63, 3.8) is 0 Å². The molecule has 4 aromatic carbocycles. The minimum Gasteiger partial charge on any atom is -0.346 e. The van der Waals surface area contributed by atoms with Gasteiger partial charge in [-0.2, -0.15) is 0 Å². The summed E-state index contributed by atoms with van der Waals surface area (Å²) in [6, 6.07) is 30.8. The fraction of sp³-hybridized carbons (Fsp3) is 0.129. The molecular weight excluding hydrogens is 462 g/mol. The zero-order valence-corrected chi connectivity index (χ0v) is 20.7. The van der Waals surface area contributed by atoms with Crippen molar-refractivity contribution in [2.45, 2.75) is 26.4 Å². The molecule has 0 aliphatic carbocycles. The molecule has 0 aliphatic rings. The standard InChI is InChI=1S/C31H27N3O3/c1-21-4-3-5-26(18-21)25-8-6-23(7-9-25)20-33-17-16-27-19-28(12-15-30(27)33)31(35)32-22(2)24-10-13-29(14-11-24)34(36)37/h3-19,22H,20H2,1-2H3,(H,32,35)/t22-/m0/s1. The molecule has 0 unspecified atom stereocenters. The molecule has 0 spiro atoms. The Balaban J connectivity index is 1.28. The van der Waals surface area contributed by atoms with Crippen molar-refractivity contribution in [3.8, 4) is 11.1 Å². The first kappa shape index (κ1) is 24.0. The van der Waals surface area contributed by atoms with E-state index in [-0.39, 0.29) is 17.6 Å². The number of nitrogens with one attached hydrogen (secondary N) is 1. The number of nitrogens with zero attached hydrogens (tertiary/aromatic N) is 2. The van der Waals surface area contributed by atoms with Gasteiger partial charge in [-0.1, -0.05) is 66.2 Å². The maximum absolute atomic E-state index is 12.9. The monoisotopic (exact) mass is 489 g/mol. The zero-order valence-electron chi connectivity index (χ0n) is 20.7. The molecule has 0 saturated heterocycles. The van der Waals surface area contributed by atoms with Gasteiger partial charge in [0.05, 0.1) is 11.0 Å². The topological polar surface area (TPSA) is 77.2 Å². The summed E-state index contributed by atoms with van der Waals surface area (Å²) in [5.74, 6) is -0.188. The molecule has 1 aromatic heterocycles. The second-order valence-electron chi connectivity index (χ2n) is 9.33. The van der Waals surface area contributed by atoms with Crippen molar-refractivity contribution < 1.29 is 9.72 Å². The number of carbonyl (C=O) groups is 1. The van der Waals surface area contributed by atoms with Crippen LogP contribution in [0.25, 0.3) is 22.0 Å². The van der Waals surface area contributed by atoms with Crippen LogP contribution >= 0.6 is 0 Å². The largest absolute Gasteiger partial charge is 0.346 e. The third-order valence-electron chi connectivity index (χ3n) is 6.64. The molecule has 0 bridgehead atoms. The van der Waals surface area contributed by atoms with Crippen LogP contribution in [0.2, 0.25) is 0 Å². The van der Waals surface area contributed by atoms with Gasteiger partial charge in [0.25, 0.3) is 11.6 Å².